The summed E-state index contributed by atoms with van der Waals surface area (Å²) in [6, 6.07) is 15.1. The van der Waals surface area contributed by atoms with Crippen molar-refractivity contribution in [2.45, 2.75) is 44.8 Å². The van der Waals surface area contributed by atoms with E-state index in [1.807, 2.05) is 45.0 Å². The number of imidazole rings is 1. The smallest absolute Gasteiger partial charge is 0.405 e. The second-order valence-corrected chi connectivity index (χ2v) is 10.3. The summed E-state index contributed by atoms with van der Waals surface area (Å²) in [6.07, 6.45) is -9.31. The fourth-order valence-corrected chi connectivity index (χ4v) is 4.29. The van der Waals surface area contributed by atoms with Crippen LogP contribution in [0.3, 0.4) is 0 Å². The summed E-state index contributed by atoms with van der Waals surface area (Å²) in [4.78, 5) is 17.9. The summed E-state index contributed by atoms with van der Waals surface area (Å²) in [5.74, 6) is -0.208. The van der Waals surface area contributed by atoms with E-state index in [0.717, 1.165) is 29.8 Å². The van der Waals surface area contributed by atoms with E-state index in [2.05, 4.69) is 58.2 Å². The SMILES string of the molecule is CC.Cc1ccc(NCC(=O)NS)cc1.FC(F)(F)Oc1cc(Br)ccc1SNCc1nc2ccc(C(F)(F)F)cc2[nH]1. The number of rotatable bonds is 8. The predicted molar refractivity (Wildman–Crippen MR) is 163 cm³/mol. The van der Waals surface area contributed by atoms with Crippen molar-refractivity contribution in [1.29, 1.82) is 0 Å². The van der Waals surface area contributed by atoms with Gasteiger partial charge in [0.25, 0.3) is 0 Å². The number of carbonyl (C=O) groups is 1. The van der Waals surface area contributed by atoms with Crippen molar-refractivity contribution in [2.24, 2.45) is 0 Å². The summed E-state index contributed by atoms with van der Waals surface area (Å²) in [7, 11) is 0. The number of aryl methyl sites for hydroxylation is 1. The van der Waals surface area contributed by atoms with Gasteiger partial charge in [-0.25, -0.2) is 4.98 Å². The van der Waals surface area contributed by atoms with Crippen molar-refractivity contribution in [2.75, 3.05) is 11.9 Å². The largest absolute Gasteiger partial charge is 0.573 e. The summed E-state index contributed by atoms with van der Waals surface area (Å²) in [6.45, 7) is 6.33. The molecule has 4 rings (SSSR count). The van der Waals surface area contributed by atoms with Gasteiger partial charge in [0.15, 0.2) is 0 Å². The molecule has 7 nitrogen and oxygen atoms in total. The minimum Gasteiger partial charge on any atom is -0.405 e. The van der Waals surface area contributed by atoms with E-state index < -0.39 is 18.1 Å². The Morgan fingerprint density at radius 3 is 2.30 bits per heavy atom. The lowest BCUT2D eigenvalue weighted by molar-refractivity contribution is -0.275. The number of anilines is 1. The van der Waals surface area contributed by atoms with Crippen molar-refractivity contribution >= 4 is 63.3 Å². The quantitative estimate of drug-likeness (QED) is 0.0716. The third-order valence-corrected chi connectivity index (χ3v) is 6.63. The molecule has 0 atom stereocenters. The van der Waals surface area contributed by atoms with Gasteiger partial charge >= 0.3 is 12.5 Å². The number of halogens is 7. The van der Waals surface area contributed by atoms with Crippen molar-refractivity contribution in [1.82, 2.24) is 19.4 Å². The maximum absolute atomic E-state index is 12.8. The first-order chi connectivity index (χ1) is 20.2. The maximum atomic E-state index is 12.8. The van der Waals surface area contributed by atoms with Crippen LogP contribution >= 0.6 is 40.7 Å². The van der Waals surface area contributed by atoms with Gasteiger partial charge in [0.1, 0.15) is 11.6 Å². The van der Waals surface area contributed by atoms with E-state index >= 15 is 0 Å². The molecule has 43 heavy (non-hydrogen) atoms. The number of nitrogens with zero attached hydrogens (tertiary/aromatic N) is 1. The Hall–Kier alpha value is -3.08. The van der Waals surface area contributed by atoms with Gasteiger partial charge in [-0.05, 0) is 67.4 Å². The van der Waals surface area contributed by atoms with E-state index in [9.17, 15) is 31.1 Å². The molecule has 1 aromatic heterocycles. The number of hydrogen-bond acceptors (Lipinski definition) is 7. The van der Waals surface area contributed by atoms with Gasteiger partial charge in [-0.15, -0.1) is 13.2 Å². The standard InChI is InChI=1S/C16H10BrF6N3OS.C9H12N2OS.C2H6/c17-9-2-4-13(12(6-9)27-16(21,22)23)28-24-7-14-25-10-3-1-8(15(18,19)20)5-11(10)26-14;1-7-2-4-8(5-3-7)10-6-9(12)11-13;1-2/h1-6,24H,7H2,(H,25,26);2-5,10,13H,6H2,1H3,(H,11,12);1-2H3. The number of aromatic nitrogens is 2. The Labute approximate surface area is 262 Å². The van der Waals surface area contributed by atoms with Crippen LogP contribution in [0.2, 0.25) is 0 Å². The maximum Gasteiger partial charge on any atom is 0.573 e. The lowest BCUT2D eigenvalue weighted by atomic mass is 10.2. The van der Waals surface area contributed by atoms with Crippen molar-refractivity contribution in [3.05, 3.63) is 82.1 Å². The molecule has 0 spiro atoms. The highest BCUT2D eigenvalue weighted by atomic mass is 79.9. The average Bonchev–Trinajstić information content (AvgIpc) is 3.36. The molecule has 0 saturated carbocycles. The topological polar surface area (TPSA) is 91.1 Å². The van der Waals surface area contributed by atoms with E-state index in [1.165, 1.54) is 23.8 Å². The highest BCUT2D eigenvalue weighted by molar-refractivity contribution is 9.10. The highest BCUT2D eigenvalue weighted by Crippen LogP contribution is 2.35. The fourth-order valence-electron chi connectivity index (χ4n) is 3.17. The minimum atomic E-state index is -4.84. The number of alkyl halides is 6. The Morgan fingerprint density at radius 2 is 1.70 bits per heavy atom. The zero-order valence-corrected chi connectivity index (χ0v) is 26.2. The number of carbonyl (C=O) groups excluding carboxylic acids is 1. The first-order valence-electron chi connectivity index (χ1n) is 12.5. The lowest BCUT2D eigenvalue weighted by Gasteiger charge is -2.13. The Kier molecular flexibility index (Phi) is 14.0. The molecule has 0 saturated heterocycles. The summed E-state index contributed by atoms with van der Waals surface area (Å²) < 4.78 is 85.2. The van der Waals surface area contributed by atoms with Crippen LogP contribution in [0, 0.1) is 6.92 Å². The minimum absolute atomic E-state index is 0.0716. The fraction of sp³-hybridized carbons (Fsp3) is 0.259. The molecule has 16 heteroatoms. The summed E-state index contributed by atoms with van der Waals surface area (Å²) >= 11 is 7.59. The zero-order chi connectivity index (χ0) is 32.2. The molecule has 3 aromatic carbocycles. The van der Waals surface area contributed by atoms with Crippen molar-refractivity contribution in [3.63, 3.8) is 0 Å². The third-order valence-electron chi connectivity index (χ3n) is 5.04. The van der Waals surface area contributed by atoms with Crippen molar-refractivity contribution in [3.8, 4) is 5.75 Å². The van der Waals surface area contributed by atoms with Crippen LogP contribution in [0.15, 0.2) is 70.0 Å². The van der Waals surface area contributed by atoms with Gasteiger partial charge in [0, 0.05) is 10.2 Å². The Morgan fingerprint density at radius 1 is 1.02 bits per heavy atom. The van der Waals surface area contributed by atoms with Gasteiger partial charge in [0.05, 0.1) is 34.6 Å². The number of aromatic amines is 1. The summed E-state index contributed by atoms with van der Waals surface area (Å²) in [5, 5.41) is 2.96. The predicted octanol–water partition coefficient (Wildman–Crippen LogP) is 8.43. The van der Waals surface area contributed by atoms with Crippen LogP contribution < -0.4 is 19.5 Å². The first kappa shape index (κ1) is 36.1. The van der Waals surface area contributed by atoms with Crippen LogP contribution in [0.4, 0.5) is 32.0 Å². The molecule has 4 aromatic rings. The molecule has 1 heterocycles. The number of hydrogen-bond donors (Lipinski definition) is 5. The molecule has 0 aliphatic carbocycles. The van der Waals surface area contributed by atoms with E-state index in [-0.39, 0.29) is 35.2 Å². The van der Waals surface area contributed by atoms with Gasteiger partial charge in [0.2, 0.25) is 5.91 Å². The lowest BCUT2D eigenvalue weighted by Crippen LogP contribution is -2.22. The monoisotopic (exact) mass is 711 g/mol. The normalized spacial score (nSPS) is 11.1. The number of ether oxygens (including phenoxy) is 1. The molecule has 234 valence electrons. The second kappa shape index (κ2) is 16.7. The van der Waals surface area contributed by atoms with E-state index in [1.54, 1.807) is 6.07 Å². The molecule has 0 bridgehead atoms. The number of thiol groups is 1. The molecule has 0 aliphatic heterocycles. The second-order valence-electron chi connectivity index (χ2n) is 8.23. The zero-order valence-electron chi connectivity index (χ0n) is 23.0. The Balaban J connectivity index is 0.000000360. The molecule has 1 amide bonds. The summed E-state index contributed by atoms with van der Waals surface area (Å²) in [5.41, 5.74) is 1.88. The van der Waals surface area contributed by atoms with Gasteiger partial charge in [-0.2, -0.15) is 13.2 Å². The van der Waals surface area contributed by atoms with Gasteiger partial charge < -0.3 is 19.8 Å². The number of benzene rings is 3. The molecule has 4 N–H and O–H groups in total. The van der Waals surface area contributed by atoms with Crippen LogP contribution in [-0.2, 0) is 17.5 Å². The molecule has 0 radical (unpaired) electrons. The first-order valence-corrected chi connectivity index (χ1v) is 14.5. The van der Waals surface area contributed by atoms with Crippen LogP contribution in [0.25, 0.3) is 11.0 Å². The molecule has 0 aliphatic rings. The molecule has 0 unspecified atom stereocenters. The average molecular weight is 713 g/mol. The van der Waals surface area contributed by atoms with Gasteiger partial charge in [-0.1, -0.05) is 60.3 Å². The van der Waals surface area contributed by atoms with Crippen LogP contribution in [0.1, 0.15) is 30.8 Å². The Bertz CT molecular complexity index is 1470. The van der Waals surface area contributed by atoms with Gasteiger partial charge in [-0.3, -0.25) is 9.52 Å². The number of nitrogens with one attached hydrogen (secondary N) is 4. The highest BCUT2D eigenvalue weighted by Gasteiger charge is 2.32. The number of H-pyrrole nitrogens is 1. The molecular weight excluding hydrogens is 684 g/mol. The third kappa shape index (κ3) is 12.6. The molecule has 0 fully saturated rings. The van der Waals surface area contributed by atoms with Crippen LogP contribution in [0.5, 0.6) is 5.75 Å². The van der Waals surface area contributed by atoms with E-state index in [4.69, 9.17) is 0 Å². The molecular formula is C27H28BrF6N5O2S2. The number of amides is 1. The number of fused-ring (bicyclic) bond motifs is 1. The van der Waals surface area contributed by atoms with Crippen LogP contribution in [-0.4, -0.2) is 28.8 Å². The van der Waals surface area contributed by atoms with E-state index in [0.29, 0.717) is 15.8 Å². The van der Waals surface area contributed by atoms with Crippen molar-refractivity contribution < 1.29 is 35.9 Å².